The molecule has 0 fully saturated rings. The second-order valence-electron chi connectivity index (χ2n) is 6.92. The molecule has 0 spiro atoms. The van der Waals surface area contributed by atoms with Crippen LogP contribution in [0.25, 0.3) is 22.3 Å². The quantitative estimate of drug-likeness (QED) is 0.351. The molecule has 156 valence electrons. The topological polar surface area (TPSA) is 61.0 Å². The Balaban J connectivity index is 1.96. The zero-order valence-electron chi connectivity index (χ0n) is 17.3. The summed E-state index contributed by atoms with van der Waals surface area (Å²) in [6.45, 7) is 1.53. The number of nitrogens with zero attached hydrogens (tertiary/aromatic N) is 1. The van der Waals surface area contributed by atoms with Crippen LogP contribution in [-0.4, -0.2) is 20.0 Å². The van der Waals surface area contributed by atoms with E-state index >= 15 is 0 Å². The number of halogens is 1. The molecule has 0 unspecified atom stereocenters. The number of hydrogen-bond acceptors (Lipinski definition) is 5. The van der Waals surface area contributed by atoms with E-state index in [2.05, 4.69) is 0 Å². The fraction of sp³-hybridized carbons (Fsp3) is 0.120. The molecule has 0 aliphatic rings. The number of carbonyl (C=O) groups excluding carboxylic acids is 1. The molecule has 4 rings (SSSR count). The number of methoxy groups -OCH3 is 2. The molecule has 6 heteroatoms. The van der Waals surface area contributed by atoms with Crippen LogP contribution in [-0.2, 0) is 0 Å². The SMILES string of the molecule is COc1ccc(-c2cc(=Nc3cccc(C(C)=O)c3)c3cc(Cl)ccc3o2)cc1OC. The minimum Gasteiger partial charge on any atom is -0.493 e. The molecule has 0 amide bonds. The van der Waals surface area contributed by atoms with Crippen molar-refractivity contribution in [1.82, 2.24) is 0 Å². The number of ketones is 1. The lowest BCUT2D eigenvalue weighted by molar-refractivity contribution is 0.101. The van der Waals surface area contributed by atoms with E-state index < -0.39 is 0 Å². The average molecular weight is 434 g/mol. The molecule has 5 nitrogen and oxygen atoms in total. The maximum atomic E-state index is 11.8. The van der Waals surface area contributed by atoms with Gasteiger partial charge in [0, 0.05) is 27.6 Å². The molecule has 4 aromatic rings. The van der Waals surface area contributed by atoms with E-state index in [9.17, 15) is 4.79 Å². The van der Waals surface area contributed by atoms with Gasteiger partial charge in [-0.1, -0.05) is 23.7 Å². The zero-order chi connectivity index (χ0) is 22.0. The summed E-state index contributed by atoms with van der Waals surface area (Å²) in [4.78, 5) is 16.6. The minimum atomic E-state index is -0.0148. The molecular weight excluding hydrogens is 414 g/mol. The number of rotatable bonds is 5. The summed E-state index contributed by atoms with van der Waals surface area (Å²) in [7, 11) is 3.18. The predicted octanol–water partition coefficient (Wildman–Crippen LogP) is 6.21. The van der Waals surface area contributed by atoms with Crippen LogP contribution >= 0.6 is 11.6 Å². The molecule has 0 aliphatic carbocycles. The standard InChI is InChI=1S/C25H20ClNO4/c1-15(28)16-5-4-6-19(11-16)27-21-14-24(31-22-10-8-18(26)13-20(21)22)17-7-9-23(29-2)25(12-17)30-3/h4-14H,1-3H3. The van der Waals surface area contributed by atoms with E-state index in [0.717, 1.165) is 10.9 Å². The van der Waals surface area contributed by atoms with E-state index in [0.29, 0.717) is 44.5 Å². The van der Waals surface area contributed by atoms with Gasteiger partial charge in [-0.2, -0.15) is 0 Å². The Morgan fingerprint density at radius 3 is 2.48 bits per heavy atom. The first-order valence-electron chi connectivity index (χ1n) is 9.60. The van der Waals surface area contributed by atoms with Gasteiger partial charge in [-0.05, 0) is 55.5 Å². The molecule has 0 radical (unpaired) electrons. The van der Waals surface area contributed by atoms with Gasteiger partial charge in [-0.15, -0.1) is 0 Å². The number of fused-ring (bicyclic) bond motifs is 1. The highest BCUT2D eigenvalue weighted by molar-refractivity contribution is 6.31. The molecule has 31 heavy (non-hydrogen) atoms. The van der Waals surface area contributed by atoms with Crippen molar-refractivity contribution in [2.45, 2.75) is 6.92 Å². The molecule has 0 aliphatic heterocycles. The largest absolute Gasteiger partial charge is 0.493 e. The average Bonchev–Trinajstić information content (AvgIpc) is 2.79. The fourth-order valence-electron chi connectivity index (χ4n) is 3.30. The van der Waals surface area contributed by atoms with Gasteiger partial charge in [0.1, 0.15) is 11.3 Å². The normalized spacial score (nSPS) is 11.5. The summed E-state index contributed by atoms with van der Waals surface area (Å²) in [5.74, 6) is 1.82. The highest BCUT2D eigenvalue weighted by Gasteiger charge is 2.11. The number of hydrogen-bond donors (Lipinski definition) is 0. The summed E-state index contributed by atoms with van der Waals surface area (Å²) in [5, 5.41) is 2.02. The number of ether oxygens (including phenoxy) is 2. The summed E-state index contributed by atoms with van der Waals surface area (Å²) >= 11 is 6.23. The van der Waals surface area contributed by atoms with E-state index in [1.807, 2.05) is 48.5 Å². The smallest absolute Gasteiger partial charge is 0.161 e. The predicted molar refractivity (Wildman–Crippen MR) is 121 cm³/mol. The second-order valence-corrected chi connectivity index (χ2v) is 7.36. The molecule has 0 saturated carbocycles. The maximum Gasteiger partial charge on any atom is 0.161 e. The lowest BCUT2D eigenvalue weighted by atomic mass is 10.1. The van der Waals surface area contributed by atoms with Crippen molar-refractivity contribution in [2.24, 2.45) is 4.99 Å². The lowest BCUT2D eigenvalue weighted by Crippen LogP contribution is -2.03. The Morgan fingerprint density at radius 2 is 1.74 bits per heavy atom. The number of benzene rings is 3. The third-order valence-corrected chi connectivity index (χ3v) is 5.11. The highest BCUT2D eigenvalue weighted by Crippen LogP contribution is 2.33. The molecule has 1 heterocycles. The third-order valence-electron chi connectivity index (χ3n) is 4.88. The van der Waals surface area contributed by atoms with Crippen molar-refractivity contribution in [3.8, 4) is 22.8 Å². The van der Waals surface area contributed by atoms with E-state index in [4.69, 9.17) is 30.5 Å². The first kappa shape index (κ1) is 20.7. The lowest BCUT2D eigenvalue weighted by Gasteiger charge is -2.10. The molecular formula is C25H20ClNO4. The van der Waals surface area contributed by atoms with E-state index in [1.54, 1.807) is 32.4 Å². The van der Waals surface area contributed by atoms with Gasteiger partial charge in [0.15, 0.2) is 17.3 Å². The third kappa shape index (κ3) is 4.32. The van der Waals surface area contributed by atoms with Crippen LogP contribution in [0.4, 0.5) is 5.69 Å². The molecule has 1 aromatic heterocycles. The fourth-order valence-corrected chi connectivity index (χ4v) is 3.47. The van der Waals surface area contributed by atoms with Crippen LogP contribution < -0.4 is 14.8 Å². The van der Waals surface area contributed by atoms with Crippen molar-refractivity contribution in [1.29, 1.82) is 0 Å². The molecule has 0 N–H and O–H groups in total. The van der Waals surface area contributed by atoms with Crippen LogP contribution in [0.15, 0.2) is 76.1 Å². The monoisotopic (exact) mass is 433 g/mol. The molecule has 0 bridgehead atoms. The van der Waals surface area contributed by atoms with Crippen LogP contribution in [0.1, 0.15) is 17.3 Å². The minimum absolute atomic E-state index is 0.0148. The van der Waals surface area contributed by atoms with Crippen molar-refractivity contribution < 1.29 is 18.7 Å². The summed E-state index contributed by atoms with van der Waals surface area (Å²) in [6, 6.07) is 20.0. The van der Waals surface area contributed by atoms with Crippen LogP contribution in [0.3, 0.4) is 0 Å². The van der Waals surface area contributed by atoms with Crippen molar-refractivity contribution in [3.05, 3.63) is 82.7 Å². The summed E-state index contributed by atoms with van der Waals surface area (Å²) in [6.07, 6.45) is 0. The second kappa shape index (κ2) is 8.66. The van der Waals surface area contributed by atoms with Gasteiger partial charge in [0.05, 0.1) is 25.3 Å². The molecule has 0 saturated heterocycles. The molecule has 0 atom stereocenters. The van der Waals surface area contributed by atoms with E-state index in [-0.39, 0.29) is 5.78 Å². The Hall–Kier alpha value is -3.57. The van der Waals surface area contributed by atoms with Crippen LogP contribution in [0.5, 0.6) is 11.5 Å². The van der Waals surface area contributed by atoms with Gasteiger partial charge in [0.2, 0.25) is 0 Å². The van der Waals surface area contributed by atoms with Gasteiger partial charge < -0.3 is 13.9 Å². The van der Waals surface area contributed by atoms with Gasteiger partial charge >= 0.3 is 0 Å². The van der Waals surface area contributed by atoms with Crippen molar-refractivity contribution >= 4 is 34.0 Å². The number of Topliss-reactive ketones (excluding diaryl/α,β-unsaturated/α-hetero) is 1. The van der Waals surface area contributed by atoms with Crippen LogP contribution in [0.2, 0.25) is 5.02 Å². The first-order chi connectivity index (χ1) is 15.0. The highest BCUT2D eigenvalue weighted by atomic mass is 35.5. The Labute approximate surface area is 184 Å². The van der Waals surface area contributed by atoms with Crippen molar-refractivity contribution in [2.75, 3.05) is 14.2 Å². The molecule has 3 aromatic carbocycles. The van der Waals surface area contributed by atoms with Gasteiger partial charge in [-0.3, -0.25) is 4.79 Å². The Kier molecular flexibility index (Phi) is 5.78. The summed E-state index contributed by atoms with van der Waals surface area (Å²) in [5.41, 5.74) is 2.71. The van der Waals surface area contributed by atoms with Gasteiger partial charge in [0.25, 0.3) is 0 Å². The number of carbonyl (C=O) groups is 1. The Morgan fingerprint density at radius 1 is 0.935 bits per heavy atom. The summed E-state index contributed by atoms with van der Waals surface area (Å²) < 4.78 is 16.9. The maximum absolute atomic E-state index is 11.8. The van der Waals surface area contributed by atoms with Crippen LogP contribution in [0, 0.1) is 0 Å². The van der Waals surface area contributed by atoms with Gasteiger partial charge in [-0.25, -0.2) is 4.99 Å². The van der Waals surface area contributed by atoms with E-state index in [1.165, 1.54) is 6.92 Å². The Bertz CT molecular complexity index is 1360. The first-order valence-corrected chi connectivity index (χ1v) is 9.98. The zero-order valence-corrected chi connectivity index (χ0v) is 18.1. The van der Waals surface area contributed by atoms with Crippen molar-refractivity contribution in [3.63, 3.8) is 0 Å².